The van der Waals surface area contributed by atoms with Crippen LogP contribution in [0.4, 0.5) is 11.8 Å². The van der Waals surface area contributed by atoms with E-state index in [-0.39, 0.29) is 0 Å². The second kappa shape index (κ2) is 9.34. The van der Waals surface area contributed by atoms with Gasteiger partial charge in [0.25, 0.3) is 0 Å². The third-order valence-corrected chi connectivity index (χ3v) is 5.03. The lowest BCUT2D eigenvalue weighted by molar-refractivity contribution is 0.414. The van der Waals surface area contributed by atoms with Crippen LogP contribution in [0, 0.1) is 0 Å². The molecule has 0 aliphatic rings. The summed E-state index contributed by atoms with van der Waals surface area (Å²) < 4.78 is 12.5. The highest BCUT2D eigenvalue weighted by atomic mass is 16.5. The van der Waals surface area contributed by atoms with Crippen LogP contribution in [-0.2, 0) is 19.6 Å². The zero-order valence-corrected chi connectivity index (χ0v) is 17.9. The van der Waals surface area contributed by atoms with Gasteiger partial charge in [0.2, 0.25) is 5.95 Å². The molecule has 0 amide bonds. The van der Waals surface area contributed by atoms with E-state index in [0.717, 1.165) is 40.3 Å². The van der Waals surface area contributed by atoms with E-state index in [4.69, 9.17) is 14.5 Å². The molecule has 2 heterocycles. The van der Waals surface area contributed by atoms with Crippen molar-refractivity contribution >= 4 is 22.9 Å². The molecule has 160 valence electrons. The third-order valence-electron chi connectivity index (χ3n) is 5.03. The molecule has 0 fully saturated rings. The number of aromatic nitrogens is 4. The molecule has 8 nitrogen and oxygen atoms in total. The van der Waals surface area contributed by atoms with Gasteiger partial charge in [-0.15, -0.1) is 0 Å². The fourth-order valence-electron chi connectivity index (χ4n) is 3.23. The Balaban J connectivity index is 1.55. The van der Waals surface area contributed by atoms with E-state index in [1.807, 2.05) is 53.1 Å². The number of nitrogens with one attached hydrogen (secondary N) is 2. The van der Waals surface area contributed by atoms with Crippen LogP contribution in [0.5, 0.6) is 11.5 Å². The van der Waals surface area contributed by atoms with Gasteiger partial charge in [-0.1, -0.05) is 24.3 Å². The van der Waals surface area contributed by atoms with Crippen molar-refractivity contribution in [1.82, 2.24) is 19.5 Å². The molecule has 0 bridgehead atoms. The fourth-order valence-corrected chi connectivity index (χ4v) is 3.23. The number of aryl methyl sites for hydroxylation is 1. The van der Waals surface area contributed by atoms with Gasteiger partial charge in [0.05, 0.1) is 20.5 Å². The van der Waals surface area contributed by atoms with Gasteiger partial charge in [0.1, 0.15) is 11.5 Å². The minimum Gasteiger partial charge on any atom is -0.497 e. The Labute approximate surface area is 181 Å². The Bertz CT molecular complexity index is 1140. The topological polar surface area (TPSA) is 86.1 Å². The molecule has 8 heteroatoms. The van der Waals surface area contributed by atoms with E-state index in [0.29, 0.717) is 24.9 Å². The molecule has 0 aliphatic carbocycles. The summed E-state index contributed by atoms with van der Waals surface area (Å²) >= 11 is 0. The largest absolute Gasteiger partial charge is 0.497 e. The van der Waals surface area contributed by atoms with Gasteiger partial charge in [-0.3, -0.25) is 0 Å². The standard InChI is InChI=1S/C23H26N6O2/c1-4-29-15-26-20-21(24-13-16-5-9-18(30-2)10-6-16)27-23(28-22(20)29)25-14-17-7-11-19(31-3)12-8-17/h5-12,15H,4,13-14H2,1-3H3,(H2,24,25,27,28). The maximum atomic E-state index is 5.23. The van der Waals surface area contributed by atoms with Gasteiger partial charge >= 0.3 is 0 Å². The summed E-state index contributed by atoms with van der Waals surface area (Å²) in [6.45, 7) is 4.07. The quantitative estimate of drug-likeness (QED) is 0.423. The molecular weight excluding hydrogens is 392 g/mol. The number of rotatable bonds is 9. The number of benzene rings is 2. The second-order valence-corrected chi connectivity index (χ2v) is 7.00. The summed E-state index contributed by atoms with van der Waals surface area (Å²) in [5.41, 5.74) is 3.79. The van der Waals surface area contributed by atoms with E-state index < -0.39 is 0 Å². The number of imidazole rings is 1. The fraction of sp³-hybridized carbons (Fsp3) is 0.261. The first-order valence-electron chi connectivity index (χ1n) is 10.2. The lowest BCUT2D eigenvalue weighted by Gasteiger charge is -2.11. The summed E-state index contributed by atoms with van der Waals surface area (Å²) in [4.78, 5) is 13.9. The summed E-state index contributed by atoms with van der Waals surface area (Å²) in [6.07, 6.45) is 1.80. The van der Waals surface area contributed by atoms with Crippen molar-refractivity contribution in [3.63, 3.8) is 0 Å². The SMILES string of the molecule is CCn1cnc2c(NCc3ccc(OC)cc3)nc(NCc3ccc(OC)cc3)nc21. The maximum Gasteiger partial charge on any atom is 0.227 e. The van der Waals surface area contributed by atoms with Crippen LogP contribution in [0.1, 0.15) is 18.1 Å². The summed E-state index contributed by atoms with van der Waals surface area (Å²) in [5, 5.41) is 6.73. The first-order chi connectivity index (χ1) is 15.2. The van der Waals surface area contributed by atoms with Crippen molar-refractivity contribution in [2.24, 2.45) is 0 Å². The van der Waals surface area contributed by atoms with E-state index in [1.165, 1.54) is 0 Å². The van der Waals surface area contributed by atoms with Gasteiger partial charge in [-0.05, 0) is 42.3 Å². The zero-order valence-electron chi connectivity index (χ0n) is 17.9. The number of nitrogens with zero attached hydrogens (tertiary/aromatic N) is 4. The Morgan fingerprint density at radius 1 is 0.806 bits per heavy atom. The molecule has 0 unspecified atom stereocenters. The number of methoxy groups -OCH3 is 2. The molecule has 0 atom stereocenters. The van der Waals surface area contributed by atoms with Crippen molar-refractivity contribution in [3.8, 4) is 11.5 Å². The zero-order chi connectivity index (χ0) is 21.6. The highest BCUT2D eigenvalue weighted by Crippen LogP contribution is 2.22. The normalized spacial score (nSPS) is 10.8. The monoisotopic (exact) mass is 418 g/mol. The van der Waals surface area contributed by atoms with Gasteiger partial charge in [-0.2, -0.15) is 9.97 Å². The molecule has 0 saturated heterocycles. The molecule has 0 spiro atoms. The van der Waals surface area contributed by atoms with Gasteiger partial charge in [0, 0.05) is 19.6 Å². The van der Waals surface area contributed by atoms with E-state index >= 15 is 0 Å². The van der Waals surface area contributed by atoms with Crippen LogP contribution in [-0.4, -0.2) is 33.7 Å². The van der Waals surface area contributed by atoms with Crippen LogP contribution in [0.15, 0.2) is 54.9 Å². The van der Waals surface area contributed by atoms with Crippen molar-refractivity contribution in [1.29, 1.82) is 0 Å². The summed E-state index contributed by atoms with van der Waals surface area (Å²) in [5.74, 6) is 2.92. The number of anilines is 2. The van der Waals surface area contributed by atoms with E-state index in [1.54, 1.807) is 20.5 Å². The van der Waals surface area contributed by atoms with Crippen molar-refractivity contribution in [2.45, 2.75) is 26.6 Å². The first-order valence-corrected chi connectivity index (χ1v) is 10.2. The minimum absolute atomic E-state index is 0.552. The van der Waals surface area contributed by atoms with Crippen LogP contribution in [0.2, 0.25) is 0 Å². The Morgan fingerprint density at radius 2 is 1.39 bits per heavy atom. The number of ether oxygens (including phenoxy) is 2. The first kappa shape index (κ1) is 20.5. The molecule has 2 N–H and O–H groups in total. The predicted octanol–water partition coefficient (Wildman–Crippen LogP) is 4.09. The highest BCUT2D eigenvalue weighted by molar-refractivity contribution is 5.84. The molecule has 2 aromatic heterocycles. The predicted molar refractivity (Wildman–Crippen MR) is 122 cm³/mol. The van der Waals surface area contributed by atoms with E-state index in [2.05, 4.69) is 27.5 Å². The minimum atomic E-state index is 0.552. The Hall–Kier alpha value is -3.81. The average Bonchev–Trinajstić information content (AvgIpc) is 3.25. The van der Waals surface area contributed by atoms with E-state index in [9.17, 15) is 0 Å². The maximum absolute atomic E-state index is 5.23. The van der Waals surface area contributed by atoms with Gasteiger partial charge in [-0.25, -0.2) is 4.98 Å². The molecule has 31 heavy (non-hydrogen) atoms. The van der Waals surface area contributed by atoms with Crippen molar-refractivity contribution in [2.75, 3.05) is 24.9 Å². The molecule has 0 saturated carbocycles. The summed E-state index contributed by atoms with van der Waals surface area (Å²) in [6, 6.07) is 15.9. The van der Waals surface area contributed by atoms with Crippen LogP contribution < -0.4 is 20.1 Å². The number of hydrogen-bond donors (Lipinski definition) is 2. The lowest BCUT2D eigenvalue weighted by atomic mass is 10.2. The molecule has 0 radical (unpaired) electrons. The average molecular weight is 419 g/mol. The molecule has 0 aliphatic heterocycles. The number of hydrogen-bond acceptors (Lipinski definition) is 7. The third kappa shape index (κ3) is 4.69. The second-order valence-electron chi connectivity index (χ2n) is 7.00. The number of fused-ring (bicyclic) bond motifs is 1. The van der Waals surface area contributed by atoms with Gasteiger partial charge in [0.15, 0.2) is 17.0 Å². The van der Waals surface area contributed by atoms with Crippen LogP contribution >= 0.6 is 0 Å². The molecular formula is C23H26N6O2. The Kier molecular flexibility index (Phi) is 6.16. The van der Waals surface area contributed by atoms with Crippen LogP contribution in [0.3, 0.4) is 0 Å². The lowest BCUT2D eigenvalue weighted by Crippen LogP contribution is -2.09. The summed E-state index contributed by atoms with van der Waals surface area (Å²) in [7, 11) is 3.32. The van der Waals surface area contributed by atoms with Crippen molar-refractivity contribution in [3.05, 3.63) is 66.0 Å². The molecule has 4 rings (SSSR count). The van der Waals surface area contributed by atoms with Crippen LogP contribution in [0.25, 0.3) is 11.2 Å². The van der Waals surface area contributed by atoms with Gasteiger partial charge < -0.3 is 24.7 Å². The smallest absolute Gasteiger partial charge is 0.227 e. The molecule has 2 aromatic carbocycles. The van der Waals surface area contributed by atoms with Crippen molar-refractivity contribution < 1.29 is 9.47 Å². The molecule has 4 aromatic rings. The highest BCUT2D eigenvalue weighted by Gasteiger charge is 2.13. The Morgan fingerprint density at radius 3 is 1.94 bits per heavy atom.